The van der Waals surface area contributed by atoms with Crippen molar-refractivity contribution < 1.29 is 19.5 Å². The molecule has 1 saturated carbocycles. The van der Waals surface area contributed by atoms with Crippen molar-refractivity contribution in [2.75, 3.05) is 19.8 Å². The number of rotatable bonds is 8. The molecule has 1 aliphatic heterocycles. The number of hydrogen-bond acceptors (Lipinski definition) is 5. The minimum Gasteiger partial charge on any atom is -0.493 e. The van der Waals surface area contributed by atoms with E-state index in [1.807, 2.05) is 19.1 Å². The number of ether oxygens (including phenoxy) is 2. The Kier molecular flexibility index (Phi) is 5.36. The highest BCUT2D eigenvalue weighted by atomic mass is 16.5. The van der Waals surface area contributed by atoms with E-state index in [4.69, 9.17) is 20.4 Å². The van der Waals surface area contributed by atoms with E-state index in [0.717, 1.165) is 25.0 Å². The van der Waals surface area contributed by atoms with Crippen molar-refractivity contribution >= 4 is 11.7 Å². The molecule has 0 radical (unpaired) electrons. The van der Waals surface area contributed by atoms with E-state index in [1.54, 1.807) is 6.07 Å². The zero-order chi connectivity index (χ0) is 18.7. The molecule has 1 aromatic carbocycles. The van der Waals surface area contributed by atoms with Crippen molar-refractivity contribution in [3.05, 3.63) is 29.3 Å². The molecular weight excluding hydrogens is 334 g/mol. The number of carbonyl (C=O) groups is 1. The van der Waals surface area contributed by atoms with E-state index in [9.17, 15) is 4.79 Å². The third-order valence-corrected chi connectivity index (χ3v) is 5.00. The first kappa shape index (κ1) is 18.5. The summed E-state index contributed by atoms with van der Waals surface area (Å²) in [6.07, 6.45) is 3.24. The quantitative estimate of drug-likeness (QED) is 0.285. The molecule has 7 nitrogen and oxygen atoms in total. The lowest BCUT2D eigenvalue weighted by atomic mass is 9.79. The van der Waals surface area contributed by atoms with Gasteiger partial charge in [-0.25, -0.2) is 0 Å². The molecule has 1 heterocycles. The maximum Gasteiger partial charge on any atom is 0.252 e. The summed E-state index contributed by atoms with van der Waals surface area (Å²) in [7, 11) is 0. The van der Waals surface area contributed by atoms with E-state index in [1.165, 1.54) is 5.56 Å². The Morgan fingerprint density at radius 3 is 2.77 bits per heavy atom. The van der Waals surface area contributed by atoms with Gasteiger partial charge in [-0.2, -0.15) is 0 Å². The molecule has 26 heavy (non-hydrogen) atoms. The molecule has 1 aliphatic carbocycles. The molecule has 142 valence electrons. The fourth-order valence-corrected chi connectivity index (χ4v) is 3.21. The van der Waals surface area contributed by atoms with E-state index >= 15 is 0 Å². The monoisotopic (exact) mass is 361 g/mol. The van der Waals surface area contributed by atoms with E-state index in [0.29, 0.717) is 31.3 Å². The Morgan fingerprint density at radius 1 is 1.50 bits per heavy atom. The van der Waals surface area contributed by atoms with Crippen molar-refractivity contribution in [2.45, 2.75) is 45.1 Å². The molecule has 1 amide bonds. The third-order valence-electron chi connectivity index (χ3n) is 5.00. The average Bonchev–Trinajstić information content (AvgIpc) is 3.46. The predicted molar refractivity (Wildman–Crippen MR) is 97.8 cm³/mol. The van der Waals surface area contributed by atoms with Gasteiger partial charge in [-0.3, -0.25) is 4.79 Å². The van der Waals surface area contributed by atoms with Gasteiger partial charge in [0.15, 0.2) is 5.84 Å². The van der Waals surface area contributed by atoms with Gasteiger partial charge in [-0.1, -0.05) is 25.1 Å². The van der Waals surface area contributed by atoms with Crippen LogP contribution in [0.3, 0.4) is 0 Å². The van der Waals surface area contributed by atoms with Crippen LogP contribution < -0.4 is 15.8 Å². The second kappa shape index (κ2) is 7.53. The molecule has 1 saturated heterocycles. The van der Waals surface area contributed by atoms with E-state index in [-0.39, 0.29) is 17.2 Å². The number of benzene rings is 1. The summed E-state index contributed by atoms with van der Waals surface area (Å²) in [6.45, 7) is 5.49. The number of nitrogens with zero attached hydrogens (tertiary/aromatic N) is 1. The number of oxime groups is 1. The highest BCUT2D eigenvalue weighted by Crippen LogP contribution is 2.44. The van der Waals surface area contributed by atoms with Crippen LogP contribution in [0, 0.1) is 5.41 Å². The number of nitrogens with one attached hydrogen (secondary N) is 1. The van der Waals surface area contributed by atoms with Gasteiger partial charge in [-0.15, -0.1) is 0 Å². The van der Waals surface area contributed by atoms with Gasteiger partial charge in [0.1, 0.15) is 5.75 Å². The van der Waals surface area contributed by atoms with Crippen LogP contribution in [0.2, 0.25) is 0 Å². The van der Waals surface area contributed by atoms with Crippen LogP contribution in [-0.2, 0) is 4.74 Å². The minimum atomic E-state index is -0.600. The maximum absolute atomic E-state index is 12.8. The number of hydrogen-bond donors (Lipinski definition) is 3. The molecule has 1 unspecified atom stereocenters. The number of amidine groups is 1. The van der Waals surface area contributed by atoms with Crippen molar-refractivity contribution in [1.29, 1.82) is 0 Å². The third kappa shape index (κ3) is 3.77. The predicted octanol–water partition coefficient (Wildman–Crippen LogP) is 2.23. The molecular formula is C19H27N3O4. The molecule has 2 aliphatic rings. The average molecular weight is 361 g/mol. The van der Waals surface area contributed by atoms with Crippen LogP contribution in [0.25, 0.3) is 0 Å². The van der Waals surface area contributed by atoms with Crippen molar-refractivity contribution in [3.8, 4) is 5.75 Å². The summed E-state index contributed by atoms with van der Waals surface area (Å²) < 4.78 is 11.1. The molecule has 1 aromatic rings. The molecule has 0 spiro atoms. The molecule has 2 fully saturated rings. The fourth-order valence-electron chi connectivity index (χ4n) is 3.21. The van der Waals surface area contributed by atoms with Gasteiger partial charge in [-0.05, 0) is 42.9 Å². The lowest BCUT2D eigenvalue weighted by Gasteiger charge is -2.43. The topological polar surface area (TPSA) is 106 Å². The van der Waals surface area contributed by atoms with Crippen LogP contribution >= 0.6 is 0 Å². The van der Waals surface area contributed by atoms with Gasteiger partial charge in [0.25, 0.3) is 5.91 Å². The highest BCUT2D eigenvalue weighted by Gasteiger charge is 2.44. The maximum atomic E-state index is 12.8. The summed E-state index contributed by atoms with van der Waals surface area (Å²) >= 11 is 0. The van der Waals surface area contributed by atoms with Gasteiger partial charge >= 0.3 is 0 Å². The van der Waals surface area contributed by atoms with Gasteiger partial charge in [0.05, 0.1) is 25.9 Å². The van der Waals surface area contributed by atoms with Crippen LogP contribution in [0.1, 0.15) is 54.9 Å². The molecule has 1 atom stereocenters. The van der Waals surface area contributed by atoms with Gasteiger partial charge < -0.3 is 25.7 Å². The lowest BCUT2D eigenvalue weighted by Crippen LogP contribution is -2.61. The largest absolute Gasteiger partial charge is 0.493 e. The normalized spacial score (nSPS) is 20.2. The molecule has 0 bridgehead atoms. The van der Waals surface area contributed by atoms with Crippen LogP contribution in [0.4, 0.5) is 0 Å². The molecule has 7 heteroatoms. The number of amides is 1. The zero-order valence-electron chi connectivity index (χ0n) is 15.3. The Labute approximate surface area is 153 Å². The molecule has 3 rings (SSSR count). The first-order valence-corrected chi connectivity index (χ1v) is 9.11. The Hall–Kier alpha value is -2.28. The second-order valence-electron chi connectivity index (χ2n) is 7.45. The van der Waals surface area contributed by atoms with Crippen LogP contribution in [-0.4, -0.2) is 42.8 Å². The second-order valence-corrected chi connectivity index (χ2v) is 7.45. The summed E-state index contributed by atoms with van der Waals surface area (Å²) in [5.74, 6) is 1.01. The Bertz CT molecular complexity index is 696. The minimum absolute atomic E-state index is 0.0267. The zero-order valence-corrected chi connectivity index (χ0v) is 15.3. The SMILES string of the molecule is CCCOc1cc(C(=O)NC(/C(N)=N/O)C2(C)COC2)ccc1C1CC1. The first-order valence-electron chi connectivity index (χ1n) is 9.11. The highest BCUT2D eigenvalue weighted by molar-refractivity contribution is 5.99. The lowest BCUT2D eigenvalue weighted by molar-refractivity contribution is -0.108. The standard InChI is InChI=1S/C19H27N3O4/c1-3-8-26-15-9-13(6-7-14(15)12-4-5-12)18(23)21-16(17(20)22-24)19(2)10-25-11-19/h6-7,9,12,16,24H,3-5,8,10-11H2,1-2H3,(H2,20,22)(H,21,23). The van der Waals surface area contributed by atoms with E-state index < -0.39 is 6.04 Å². The Morgan fingerprint density at radius 2 is 2.23 bits per heavy atom. The summed E-state index contributed by atoms with van der Waals surface area (Å²) in [4.78, 5) is 12.8. The Balaban J connectivity index is 1.79. The van der Waals surface area contributed by atoms with Crippen molar-refractivity contribution in [3.63, 3.8) is 0 Å². The van der Waals surface area contributed by atoms with Crippen molar-refractivity contribution in [2.24, 2.45) is 16.3 Å². The van der Waals surface area contributed by atoms with E-state index in [2.05, 4.69) is 17.4 Å². The van der Waals surface area contributed by atoms with Gasteiger partial charge in [0.2, 0.25) is 0 Å². The molecule has 4 N–H and O–H groups in total. The fraction of sp³-hybridized carbons (Fsp3) is 0.579. The van der Waals surface area contributed by atoms with Crippen LogP contribution in [0.15, 0.2) is 23.4 Å². The van der Waals surface area contributed by atoms with Crippen LogP contribution in [0.5, 0.6) is 5.75 Å². The van der Waals surface area contributed by atoms with Gasteiger partial charge in [0, 0.05) is 11.0 Å². The summed E-state index contributed by atoms with van der Waals surface area (Å²) in [5.41, 5.74) is 7.09. The van der Waals surface area contributed by atoms with Crippen molar-refractivity contribution in [1.82, 2.24) is 5.32 Å². The number of nitrogens with two attached hydrogens (primary N) is 1. The molecule has 0 aromatic heterocycles. The number of carbonyl (C=O) groups excluding carboxylic acids is 1. The summed E-state index contributed by atoms with van der Waals surface area (Å²) in [5, 5.41) is 15.0. The smallest absolute Gasteiger partial charge is 0.252 e. The first-order chi connectivity index (χ1) is 12.5. The summed E-state index contributed by atoms with van der Waals surface area (Å²) in [6, 6.07) is 4.98.